The van der Waals surface area contributed by atoms with Gasteiger partial charge in [0.1, 0.15) is 17.4 Å². The zero-order valence-electron chi connectivity index (χ0n) is 9.69. The summed E-state index contributed by atoms with van der Waals surface area (Å²) in [7, 11) is 0. The summed E-state index contributed by atoms with van der Waals surface area (Å²) in [6.07, 6.45) is 2.02. The molecule has 0 saturated carbocycles. The van der Waals surface area contributed by atoms with Crippen molar-refractivity contribution in [1.82, 2.24) is 0 Å². The fourth-order valence-electron chi connectivity index (χ4n) is 2.30. The third-order valence-corrected chi connectivity index (χ3v) is 3.39. The number of hydrogen-bond acceptors (Lipinski definition) is 3. The summed E-state index contributed by atoms with van der Waals surface area (Å²) in [4.78, 5) is 2.08. The van der Waals surface area contributed by atoms with Crippen LogP contribution >= 0.6 is 0 Å². The number of nitrogens with zero attached hydrogens (tertiary/aromatic N) is 2. The fourth-order valence-corrected chi connectivity index (χ4v) is 2.30. The lowest BCUT2D eigenvalue weighted by atomic mass is 9.96. The number of nitriles is 1. The maximum absolute atomic E-state index is 13.5. The summed E-state index contributed by atoms with van der Waals surface area (Å²) in [5.74, 6) is 0.122. The number of rotatable bonds is 2. The highest BCUT2D eigenvalue weighted by Gasteiger charge is 2.21. The molecular formula is C13H16FN3. The van der Waals surface area contributed by atoms with E-state index in [-0.39, 0.29) is 5.56 Å². The lowest BCUT2D eigenvalue weighted by Gasteiger charge is -2.33. The second-order valence-electron chi connectivity index (χ2n) is 4.41. The molecule has 0 spiro atoms. The van der Waals surface area contributed by atoms with Crippen molar-refractivity contribution < 1.29 is 4.39 Å². The van der Waals surface area contributed by atoms with Crippen LogP contribution in [0.15, 0.2) is 18.2 Å². The Morgan fingerprint density at radius 2 is 2.12 bits per heavy atom. The van der Waals surface area contributed by atoms with Gasteiger partial charge >= 0.3 is 0 Å². The first-order valence-electron chi connectivity index (χ1n) is 5.90. The second kappa shape index (κ2) is 5.15. The van der Waals surface area contributed by atoms with Crippen LogP contribution in [0.1, 0.15) is 18.4 Å². The molecule has 0 aliphatic carbocycles. The smallest absolute Gasteiger partial charge is 0.143 e. The Morgan fingerprint density at radius 1 is 1.41 bits per heavy atom. The largest absolute Gasteiger partial charge is 0.370 e. The molecule has 2 N–H and O–H groups in total. The van der Waals surface area contributed by atoms with Crippen LogP contribution in [-0.4, -0.2) is 19.6 Å². The number of anilines is 1. The third-order valence-electron chi connectivity index (χ3n) is 3.39. The quantitative estimate of drug-likeness (QED) is 0.848. The van der Waals surface area contributed by atoms with E-state index >= 15 is 0 Å². The van der Waals surface area contributed by atoms with E-state index in [1.165, 1.54) is 6.07 Å². The number of benzene rings is 1. The fraction of sp³-hybridized carbons (Fsp3) is 0.462. The molecule has 1 aromatic carbocycles. The van der Waals surface area contributed by atoms with Gasteiger partial charge in [0, 0.05) is 13.1 Å². The van der Waals surface area contributed by atoms with Crippen molar-refractivity contribution in [2.24, 2.45) is 11.7 Å². The van der Waals surface area contributed by atoms with Crippen molar-refractivity contribution in [3.8, 4) is 6.07 Å². The number of piperidine rings is 1. The van der Waals surface area contributed by atoms with Gasteiger partial charge in [0.15, 0.2) is 0 Å². The Hall–Kier alpha value is -1.60. The molecule has 1 aromatic rings. The van der Waals surface area contributed by atoms with E-state index < -0.39 is 5.82 Å². The monoisotopic (exact) mass is 233 g/mol. The normalized spacial score (nSPS) is 16.9. The Morgan fingerprint density at radius 3 is 2.71 bits per heavy atom. The average Bonchev–Trinajstić information content (AvgIpc) is 2.38. The SMILES string of the molecule is N#Cc1c(F)cccc1N1CCC(CN)CC1. The molecule has 1 saturated heterocycles. The molecule has 0 aromatic heterocycles. The van der Waals surface area contributed by atoms with E-state index in [4.69, 9.17) is 11.0 Å². The lowest BCUT2D eigenvalue weighted by Crippen LogP contribution is -2.36. The van der Waals surface area contributed by atoms with Crippen LogP contribution in [0.3, 0.4) is 0 Å². The molecule has 4 heteroatoms. The van der Waals surface area contributed by atoms with Gasteiger partial charge in [-0.3, -0.25) is 0 Å². The molecule has 0 amide bonds. The van der Waals surface area contributed by atoms with Crippen molar-refractivity contribution in [2.45, 2.75) is 12.8 Å². The van der Waals surface area contributed by atoms with Crippen molar-refractivity contribution in [1.29, 1.82) is 5.26 Å². The summed E-state index contributed by atoms with van der Waals surface area (Å²) in [6, 6.07) is 6.74. The Bertz CT molecular complexity index is 431. The first-order valence-corrected chi connectivity index (χ1v) is 5.90. The van der Waals surface area contributed by atoms with Crippen molar-refractivity contribution in [2.75, 3.05) is 24.5 Å². The minimum Gasteiger partial charge on any atom is -0.370 e. The molecular weight excluding hydrogens is 217 g/mol. The molecule has 0 bridgehead atoms. The summed E-state index contributed by atoms with van der Waals surface area (Å²) in [5.41, 5.74) is 6.50. The first-order chi connectivity index (χ1) is 8.26. The molecule has 2 rings (SSSR count). The second-order valence-corrected chi connectivity index (χ2v) is 4.41. The van der Waals surface area contributed by atoms with Crippen LogP contribution in [0.5, 0.6) is 0 Å². The first kappa shape index (κ1) is 11.9. The van der Waals surface area contributed by atoms with E-state index in [9.17, 15) is 4.39 Å². The summed E-state index contributed by atoms with van der Waals surface area (Å²) in [6.45, 7) is 2.40. The highest BCUT2D eigenvalue weighted by Crippen LogP contribution is 2.27. The highest BCUT2D eigenvalue weighted by molar-refractivity contribution is 5.60. The Labute approximate surface area is 101 Å². The van der Waals surface area contributed by atoms with Crippen molar-refractivity contribution >= 4 is 5.69 Å². The predicted molar refractivity (Wildman–Crippen MR) is 65.1 cm³/mol. The van der Waals surface area contributed by atoms with Gasteiger partial charge in [-0.15, -0.1) is 0 Å². The number of halogens is 1. The van der Waals surface area contributed by atoms with Crippen LogP contribution in [0.2, 0.25) is 0 Å². The molecule has 1 fully saturated rings. The maximum Gasteiger partial charge on any atom is 0.143 e. The van der Waals surface area contributed by atoms with Crippen LogP contribution < -0.4 is 10.6 Å². The van der Waals surface area contributed by atoms with Gasteiger partial charge in [0.25, 0.3) is 0 Å². The Balaban J connectivity index is 2.19. The lowest BCUT2D eigenvalue weighted by molar-refractivity contribution is 0.414. The highest BCUT2D eigenvalue weighted by atomic mass is 19.1. The van der Waals surface area contributed by atoms with E-state index in [1.54, 1.807) is 6.07 Å². The number of nitrogens with two attached hydrogens (primary N) is 1. The van der Waals surface area contributed by atoms with Gasteiger partial charge in [-0.25, -0.2) is 4.39 Å². The van der Waals surface area contributed by atoms with Gasteiger partial charge in [0.2, 0.25) is 0 Å². The molecule has 17 heavy (non-hydrogen) atoms. The average molecular weight is 233 g/mol. The van der Waals surface area contributed by atoms with Crippen LogP contribution in [-0.2, 0) is 0 Å². The van der Waals surface area contributed by atoms with Crippen LogP contribution in [0.25, 0.3) is 0 Å². The van der Waals surface area contributed by atoms with Gasteiger partial charge in [-0.2, -0.15) is 5.26 Å². The number of hydrogen-bond donors (Lipinski definition) is 1. The van der Waals surface area contributed by atoms with E-state index in [1.807, 2.05) is 12.1 Å². The van der Waals surface area contributed by atoms with Crippen LogP contribution in [0.4, 0.5) is 10.1 Å². The van der Waals surface area contributed by atoms with E-state index in [0.29, 0.717) is 18.2 Å². The summed E-state index contributed by atoms with van der Waals surface area (Å²) >= 11 is 0. The van der Waals surface area contributed by atoms with E-state index in [0.717, 1.165) is 25.9 Å². The molecule has 0 atom stereocenters. The van der Waals surface area contributed by atoms with Crippen LogP contribution in [0, 0.1) is 23.1 Å². The molecule has 1 aliphatic heterocycles. The molecule has 90 valence electrons. The molecule has 1 heterocycles. The minimum absolute atomic E-state index is 0.152. The molecule has 0 radical (unpaired) electrons. The molecule has 3 nitrogen and oxygen atoms in total. The van der Waals surface area contributed by atoms with Gasteiger partial charge in [-0.05, 0) is 37.4 Å². The molecule has 0 unspecified atom stereocenters. The van der Waals surface area contributed by atoms with Gasteiger partial charge in [0.05, 0.1) is 5.69 Å². The van der Waals surface area contributed by atoms with Crippen molar-refractivity contribution in [3.63, 3.8) is 0 Å². The Kier molecular flexibility index (Phi) is 3.60. The zero-order valence-corrected chi connectivity index (χ0v) is 9.69. The summed E-state index contributed by atoms with van der Waals surface area (Å²) < 4.78 is 13.5. The minimum atomic E-state index is -0.439. The zero-order chi connectivity index (χ0) is 12.3. The standard InChI is InChI=1S/C13H16FN3/c14-12-2-1-3-13(11(12)9-16)17-6-4-10(8-15)5-7-17/h1-3,10H,4-8,15H2. The predicted octanol–water partition coefficient (Wildman–Crippen LogP) is 1.87. The van der Waals surface area contributed by atoms with Gasteiger partial charge in [-0.1, -0.05) is 6.07 Å². The third kappa shape index (κ3) is 2.40. The topological polar surface area (TPSA) is 53.0 Å². The van der Waals surface area contributed by atoms with E-state index in [2.05, 4.69) is 4.90 Å². The summed E-state index contributed by atoms with van der Waals surface area (Å²) in [5, 5.41) is 8.99. The molecule has 1 aliphatic rings. The van der Waals surface area contributed by atoms with Crippen molar-refractivity contribution in [3.05, 3.63) is 29.6 Å². The maximum atomic E-state index is 13.5. The van der Waals surface area contributed by atoms with Gasteiger partial charge < -0.3 is 10.6 Å².